The molecule has 2 unspecified atom stereocenters. The summed E-state index contributed by atoms with van der Waals surface area (Å²) in [5.74, 6) is 7.16. The number of nitrogens with zero attached hydrogens (tertiary/aromatic N) is 1. The van der Waals surface area contributed by atoms with Crippen molar-refractivity contribution in [1.29, 1.82) is 0 Å². The van der Waals surface area contributed by atoms with E-state index in [9.17, 15) is 4.79 Å². The van der Waals surface area contributed by atoms with Gasteiger partial charge in [-0.15, -0.1) is 0 Å². The number of fused-ring (bicyclic) bond motifs is 3. The van der Waals surface area contributed by atoms with Gasteiger partial charge in [-0.25, -0.2) is 4.79 Å². The molecule has 3 aliphatic heterocycles. The van der Waals surface area contributed by atoms with Crippen LogP contribution >= 0.6 is 0 Å². The molecular formula is C22H21NO3. The number of carbonyl (C=O) groups is 1. The van der Waals surface area contributed by atoms with Gasteiger partial charge in [-0.3, -0.25) is 4.90 Å². The van der Waals surface area contributed by atoms with Gasteiger partial charge in [0.2, 0.25) is 0 Å². The van der Waals surface area contributed by atoms with Crippen LogP contribution in [0.15, 0.2) is 47.6 Å². The molecule has 0 N–H and O–H groups in total. The number of ether oxygens (including phenoxy) is 2. The van der Waals surface area contributed by atoms with Gasteiger partial charge in [-0.1, -0.05) is 24.3 Å². The molecular weight excluding hydrogens is 326 g/mol. The molecule has 1 spiro atoms. The Morgan fingerprint density at radius 3 is 2.88 bits per heavy atom. The molecule has 2 bridgehead atoms. The summed E-state index contributed by atoms with van der Waals surface area (Å²) >= 11 is 0. The Balaban J connectivity index is 1.52. The molecule has 132 valence electrons. The normalized spacial score (nSPS) is 31.8. The lowest BCUT2D eigenvalue weighted by Crippen LogP contribution is -2.48. The first-order chi connectivity index (χ1) is 12.7. The van der Waals surface area contributed by atoms with Gasteiger partial charge >= 0.3 is 5.97 Å². The van der Waals surface area contributed by atoms with Crippen molar-refractivity contribution in [2.75, 3.05) is 13.7 Å². The van der Waals surface area contributed by atoms with Crippen molar-refractivity contribution in [3.63, 3.8) is 0 Å². The van der Waals surface area contributed by atoms with E-state index >= 15 is 0 Å². The first kappa shape index (κ1) is 15.7. The fraction of sp³-hybridized carbons (Fsp3) is 0.409. The predicted molar refractivity (Wildman–Crippen MR) is 97.6 cm³/mol. The Bertz CT molecular complexity index is 886. The van der Waals surface area contributed by atoms with Gasteiger partial charge in [-0.05, 0) is 43.7 Å². The second-order valence-corrected chi connectivity index (χ2v) is 7.45. The predicted octanol–water partition coefficient (Wildman–Crippen LogP) is 2.84. The van der Waals surface area contributed by atoms with Crippen LogP contribution in [0, 0.1) is 11.8 Å². The highest BCUT2D eigenvalue weighted by Gasteiger charge is 2.61. The summed E-state index contributed by atoms with van der Waals surface area (Å²) in [7, 11) is 1.65. The van der Waals surface area contributed by atoms with E-state index in [-0.39, 0.29) is 5.97 Å². The van der Waals surface area contributed by atoms with Crippen molar-refractivity contribution in [1.82, 2.24) is 4.90 Å². The summed E-state index contributed by atoms with van der Waals surface area (Å²) in [6.07, 6.45) is 8.30. The largest absolute Gasteiger partial charge is 0.497 e. The maximum Gasteiger partial charge on any atom is 0.332 e. The maximum atomic E-state index is 12.2. The molecule has 3 heterocycles. The Hall–Kier alpha value is -2.51. The van der Waals surface area contributed by atoms with Gasteiger partial charge in [-0.2, -0.15) is 0 Å². The lowest BCUT2D eigenvalue weighted by molar-refractivity contribution is -0.148. The molecule has 2 fully saturated rings. The standard InChI is InChI=1S/C22H21NO3/c1-25-18-9-6-15(7-10-18)5-8-16-12-17-14-22(19(16)13-21(24)26-22)20-4-2-3-11-23(17)20/h6-7,9-10,12-13,17,20H,2-4,11,14H2,1H3/t17-,20?,22?/m1/s1. The zero-order valence-electron chi connectivity index (χ0n) is 14.8. The molecule has 1 aromatic rings. The summed E-state index contributed by atoms with van der Waals surface area (Å²) in [6.45, 7) is 1.08. The van der Waals surface area contributed by atoms with Gasteiger partial charge in [0.1, 0.15) is 5.75 Å². The number of hydrogen-bond acceptors (Lipinski definition) is 4. The first-order valence-corrected chi connectivity index (χ1v) is 9.29. The molecule has 0 aromatic heterocycles. The Kier molecular flexibility index (Phi) is 3.48. The first-order valence-electron chi connectivity index (χ1n) is 9.29. The molecule has 1 aliphatic carbocycles. The minimum absolute atomic E-state index is 0.217. The lowest BCUT2D eigenvalue weighted by atomic mass is 9.77. The third-order valence-corrected chi connectivity index (χ3v) is 6.10. The van der Waals surface area contributed by atoms with E-state index in [0.717, 1.165) is 41.8 Å². The molecule has 3 atom stereocenters. The van der Waals surface area contributed by atoms with Gasteiger partial charge < -0.3 is 9.47 Å². The van der Waals surface area contributed by atoms with Crippen LogP contribution in [-0.2, 0) is 9.53 Å². The van der Waals surface area contributed by atoms with E-state index < -0.39 is 5.60 Å². The van der Waals surface area contributed by atoms with Crippen molar-refractivity contribution in [3.8, 4) is 17.6 Å². The minimum Gasteiger partial charge on any atom is -0.497 e. The van der Waals surface area contributed by atoms with E-state index in [2.05, 4.69) is 22.8 Å². The van der Waals surface area contributed by atoms with E-state index in [1.54, 1.807) is 13.2 Å². The third kappa shape index (κ3) is 2.24. The molecule has 2 saturated heterocycles. The van der Waals surface area contributed by atoms with Crippen LogP contribution in [0.25, 0.3) is 0 Å². The number of rotatable bonds is 1. The smallest absolute Gasteiger partial charge is 0.332 e. The molecule has 4 nitrogen and oxygen atoms in total. The van der Waals surface area contributed by atoms with E-state index in [0.29, 0.717) is 12.1 Å². The topological polar surface area (TPSA) is 38.8 Å². The number of methoxy groups -OCH3 is 1. The lowest BCUT2D eigenvalue weighted by Gasteiger charge is -2.38. The fourth-order valence-electron chi connectivity index (χ4n) is 4.98. The quantitative estimate of drug-likeness (QED) is 0.578. The van der Waals surface area contributed by atoms with Crippen LogP contribution in [0.5, 0.6) is 5.75 Å². The van der Waals surface area contributed by atoms with Crippen molar-refractivity contribution < 1.29 is 14.3 Å². The van der Waals surface area contributed by atoms with Crippen LogP contribution in [0.2, 0.25) is 0 Å². The second-order valence-electron chi connectivity index (χ2n) is 7.45. The van der Waals surface area contributed by atoms with Crippen LogP contribution in [0.1, 0.15) is 31.2 Å². The molecule has 26 heavy (non-hydrogen) atoms. The molecule has 1 aromatic carbocycles. The van der Waals surface area contributed by atoms with Gasteiger partial charge in [0.05, 0.1) is 13.2 Å². The van der Waals surface area contributed by atoms with Crippen molar-refractivity contribution in [3.05, 3.63) is 53.1 Å². The fourth-order valence-corrected chi connectivity index (χ4v) is 4.98. The number of benzene rings is 1. The summed E-state index contributed by atoms with van der Waals surface area (Å²) < 4.78 is 11.1. The zero-order chi connectivity index (χ0) is 17.7. The molecule has 5 rings (SSSR count). The highest BCUT2D eigenvalue weighted by Crippen LogP contribution is 2.53. The van der Waals surface area contributed by atoms with Gasteiger partial charge in [0.25, 0.3) is 0 Å². The van der Waals surface area contributed by atoms with Crippen LogP contribution in [0.4, 0.5) is 0 Å². The summed E-state index contributed by atoms with van der Waals surface area (Å²) in [6, 6.07) is 8.35. The van der Waals surface area contributed by atoms with Gasteiger partial charge in [0, 0.05) is 35.2 Å². The number of piperidine rings is 1. The summed E-state index contributed by atoms with van der Waals surface area (Å²) in [4.78, 5) is 14.7. The monoisotopic (exact) mass is 347 g/mol. The highest BCUT2D eigenvalue weighted by molar-refractivity contribution is 5.90. The Morgan fingerprint density at radius 2 is 2.08 bits per heavy atom. The third-order valence-electron chi connectivity index (χ3n) is 6.10. The Morgan fingerprint density at radius 1 is 1.23 bits per heavy atom. The SMILES string of the molecule is COc1ccc(C#CC2=C[C@@H]3CC4(OC(=O)C=C24)C2CCCCN23)cc1. The second kappa shape index (κ2) is 5.75. The molecule has 4 aliphatic rings. The maximum absolute atomic E-state index is 12.2. The number of carbonyl (C=O) groups excluding carboxylic acids is 1. The Labute approximate surface area is 153 Å². The van der Waals surface area contributed by atoms with Crippen molar-refractivity contribution in [2.45, 2.75) is 43.4 Å². The van der Waals surface area contributed by atoms with E-state index in [1.165, 1.54) is 12.8 Å². The van der Waals surface area contributed by atoms with Crippen LogP contribution in [0.3, 0.4) is 0 Å². The zero-order valence-corrected chi connectivity index (χ0v) is 14.8. The average Bonchev–Trinajstić information content (AvgIpc) is 3.15. The molecule has 0 saturated carbocycles. The van der Waals surface area contributed by atoms with E-state index in [4.69, 9.17) is 9.47 Å². The highest BCUT2D eigenvalue weighted by atomic mass is 16.6. The molecule has 4 heteroatoms. The number of hydrogen-bond donors (Lipinski definition) is 0. The number of esters is 1. The van der Waals surface area contributed by atoms with Crippen molar-refractivity contribution in [2.24, 2.45) is 0 Å². The van der Waals surface area contributed by atoms with Crippen molar-refractivity contribution >= 4 is 5.97 Å². The van der Waals surface area contributed by atoms with Crippen LogP contribution < -0.4 is 4.74 Å². The molecule has 0 amide bonds. The molecule has 0 radical (unpaired) electrons. The summed E-state index contributed by atoms with van der Waals surface area (Å²) in [5, 5.41) is 0. The minimum atomic E-state index is -0.471. The van der Waals surface area contributed by atoms with Crippen LogP contribution in [-0.4, -0.2) is 42.2 Å². The van der Waals surface area contributed by atoms with E-state index in [1.807, 2.05) is 24.3 Å². The summed E-state index contributed by atoms with van der Waals surface area (Å²) in [5.41, 5.74) is 2.41. The average molecular weight is 347 g/mol. The van der Waals surface area contributed by atoms with Gasteiger partial charge in [0.15, 0.2) is 5.60 Å².